The third kappa shape index (κ3) is 13.4. The molecule has 8 aromatic rings. The van der Waals surface area contributed by atoms with Crippen LogP contribution in [0.15, 0.2) is 194 Å². The number of benzene rings is 8. The summed E-state index contributed by atoms with van der Waals surface area (Å²) < 4.78 is 0. The Morgan fingerprint density at radius 2 is 0.580 bits per heavy atom. The van der Waals surface area contributed by atoms with Gasteiger partial charge < -0.3 is 0 Å². The summed E-state index contributed by atoms with van der Waals surface area (Å²) in [5, 5.41) is 15.4. The molecular weight excluding hydrogens is 1520 g/mol. The smallest absolute Gasteiger partial charge is 0.0746 e. The zero-order chi connectivity index (χ0) is 64.1. The van der Waals surface area contributed by atoms with Crippen LogP contribution in [0.25, 0.3) is 0 Å². The number of nitrogens with one attached hydrogen (secondary N) is 4. The molecule has 8 nitrogen and oxygen atoms in total. The predicted molar refractivity (Wildman–Crippen MR) is 382 cm³/mol. The topological polar surface area (TPSA) is 61.1 Å². The van der Waals surface area contributed by atoms with E-state index in [4.69, 9.17) is 0 Å². The standard InChI is InChI=1S/4C22H24N2.4Y/c1-3-9-19(10-4-1)21(20-11-5-2-6-12-20)17-23-15-7-13-22(23)14-8-16-24(22)18-21;1-3-8-18(9-4-1)21(19-10-5-2-6-11-19)16-20-12-14-23-22(20)13-7-15-24(22)17-21;1-3-8-18(9-4-1)21(19-10-5-2-6-11-19)16-20-12-7-13-22(20)23-14-15-24(22)17-21;1-3-7-17(8-4-1)21(18-9-5-2-6-10-18)15-19-11-13-23-22(19)20(16-21)12-14-24-22;;;;/h1-6,9,11H,7-8,13-18H2;2*1-6,8,10,20,23H,7,12-17H2;1-7,9,19-20,23-24H,11-16H2;;;;/q4*-2;;;;. The number of hydrogen-bond acceptors (Lipinski definition) is 8. The largest absolute Gasteiger partial charge is 0.299 e. The molecule has 12 aliphatic rings. The molecule has 6 atom stereocenters. The summed E-state index contributed by atoms with van der Waals surface area (Å²) in [7, 11) is 0. The summed E-state index contributed by atoms with van der Waals surface area (Å²) in [6, 6.07) is 97.1. The van der Waals surface area contributed by atoms with Crippen molar-refractivity contribution in [2.75, 3.05) is 78.5 Å². The second-order valence-corrected chi connectivity index (χ2v) is 30.8. The molecule has 2 aliphatic carbocycles. The molecule has 20 rings (SSSR count). The van der Waals surface area contributed by atoms with Gasteiger partial charge in [0.25, 0.3) is 0 Å². The monoisotopic (exact) mass is 1620 g/mol. The van der Waals surface area contributed by atoms with Crippen molar-refractivity contribution in [2.45, 2.75) is 147 Å². The van der Waals surface area contributed by atoms with Crippen molar-refractivity contribution in [1.82, 2.24) is 40.9 Å². The van der Waals surface area contributed by atoms with E-state index in [-0.39, 0.29) is 169 Å². The van der Waals surface area contributed by atoms with Gasteiger partial charge in [-0.05, 0) is 162 Å². The van der Waals surface area contributed by atoms with Crippen LogP contribution < -0.4 is 21.3 Å². The Labute approximate surface area is 699 Å². The number of piperidine rings is 2. The number of nitrogens with zero attached hydrogens (tertiary/aromatic N) is 4. The van der Waals surface area contributed by atoms with E-state index in [1.165, 1.54) is 167 Å². The van der Waals surface area contributed by atoms with E-state index in [0.717, 1.165) is 70.7 Å². The molecule has 10 heterocycles. The summed E-state index contributed by atoms with van der Waals surface area (Å²) in [5.41, 5.74) is 11.8. The third-order valence-corrected chi connectivity index (χ3v) is 26.6. The van der Waals surface area contributed by atoms with Gasteiger partial charge in [0.2, 0.25) is 0 Å². The Balaban J connectivity index is 0.000000118. The van der Waals surface area contributed by atoms with Crippen LogP contribution in [-0.2, 0) is 152 Å². The summed E-state index contributed by atoms with van der Waals surface area (Å²) >= 11 is 0. The van der Waals surface area contributed by atoms with Gasteiger partial charge in [-0.1, -0.05) is 0 Å². The average molecular weight is 1620 g/mol. The van der Waals surface area contributed by atoms with Crippen LogP contribution in [0.3, 0.4) is 0 Å². The predicted octanol–water partition coefficient (Wildman–Crippen LogP) is 13.5. The van der Waals surface area contributed by atoms with Crippen LogP contribution >= 0.6 is 0 Å². The molecule has 10 aliphatic heterocycles. The van der Waals surface area contributed by atoms with E-state index in [1.807, 2.05) is 0 Å². The molecule has 12 heteroatoms. The van der Waals surface area contributed by atoms with Gasteiger partial charge >= 0.3 is 0 Å². The summed E-state index contributed by atoms with van der Waals surface area (Å²) in [6.07, 6.45) is 20.6. The molecule has 6 unspecified atom stereocenters. The van der Waals surface area contributed by atoms with Crippen LogP contribution in [0.5, 0.6) is 0 Å². The van der Waals surface area contributed by atoms with Crippen molar-refractivity contribution in [2.24, 2.45) is 23.7 Å². The summed E-state index contributed by atoms with van der Waals surface area (Å²) in [4.78, 5) is 11.1. The Kier molecular flexibility index (Phi) is 24.6. The minimum Gasteiger partial charge on any atom is -0.299 e. The molecule has 508 valence electrons. The van der Waals surface area contributed by atoms with Crippen molar-refractivity contribution in [3.63, 3.8) is 0 Å². The number of hydrogen-bond donors (Lipinski definition) is 4. The molecule has 0 amide bonds. The fraction of sp³-hybridized carbons (Fsp3) is 0.455. The van der Waals surface area contributed by atoms with Crippen molar-refractivity contribution in [3.05, 3.63) is 287 Å². The normalized spacial score (nSPS) is 29.4. The van der Waals surface area contributed by atoms with Crippen LogP contribution in [0.4, 0.5) is 0 Å². The Morgan fingerprint density at radius 1 is 0.280 bits per heavy atom. The fourth-order valence-electron chi connectivity index (χ4n) is 22.5. The van der Waals surface area contributed by atoms with Crippen molar-refractivity contribution in [1.29, 1.82) is 0 Å². The van der Waals surface area contributed by atoms with Crippen molar-refractivity contribution >= 4 is 0 Å². The second-order valence-electron chi connectivity index (χ2n) is 30.8. The first kappa shape index (κ1) is 76.1. The average Bonchev–Trinajstić information content (AvgIpc) is 1.51. The molecule has 12 fully saturated rings. The second kappa shape index (κ2) is 32.4. The molecule has 100 heavy (non-hydrogen) atoms. The zero-order valence-electron chi connectivity index (χ0n) is 58.7. The van der Waals surface area contributed by atoms with Gasteiger partial charge in [-0.3, -0.25) is 40.9 Å². The van der Waals surface area contributed by atoms with E-state index >= 15 is 0 Å². The first-order chi connectivity index (χ1) is 47.3. The van der Waals surface area contributed by atoms with E-state index in [0.29, 0.717) is 17.5 Å². The van der Waals surface area contributed by atoms with Crippen LogP contribution in [-0.4, -0.2) is 121 Å². The molecule has 4 radical (unpaired) electrons. The van der Waals surface area contributed by atoms with Crippen molar-refractivity contribution in [3.8, 4) is 0 Å². The van der Waals surface area contributed by atoms with Gasteiger partial charge in [-0.15, -0.1) is 0 Å². The quantitative estimate of drug-likeness (QED) is 0.112. The van der Waals surface area contributed by atoms with Crippen LogP contribution in [0.2, 0.25) is 0 Å². The summed E-state index contributed by atoms with van der Waals surface area (Å²) in [5.74, 6) is 2.80. The van der Waals surface area contributed by atoms with E-state index in [2.05, 4.69) is 284 Å². The Bertz CT molecular complexity index is 3120. The molecule has 4 spiro atoms. The zero-order valence-corrected chi connectivity index (χ0v) is 70.0. The van der Waals surface area contributed by atoms with E-state index < -0.39 is 0 Å². The van der Waals surface area contributed by atoms with E-state index in [9.17, 15) is 0 Å². The maximum atomic E-state index is 3.88. The van der Waals surface area contributed by atoms with Crippen LogP contribution in [0.1, 0.15) is 147 Å². The molecular formula is C88H96N8Y4-8. The number of rotatable bonds is 8. The van der Waals surface area contributed by atoms with Gasteiger partial charge in [0.15, 0.2) is 0 Å². The Hall–Kier alpha value is -2.14. The maximum Gasteiger partial charge on any atom is 0.0746 e. The SMILES string of the molecule is [Y].[Y].[Y].[Y].[c-]1ccccc1C1(c2[c-]cccc2)CC2CCCC23NCCN3C1.[c-]1ccccc1C1(c2[c-]cccc2)CC2CCNC23CCCN3C1.[c-]1ccccc1C1(c2[c-]cccc2)CC2CCNC23NCCC3C1.[c-]1ccccc1C1(c2[c-]cccc2)CN2CCCC23CCCN3C1. The molecule has 10 saturated heterocycles. The first-order valence-electron chi connectivity index (χ1n) is 37.1. The van der Waals surface area contributed by atoms with E-state index in [1.54, 1.807) is 0 Å². The van der Waals surface area contributed by atoms with Crippen molar-refractivity contribution < 1.29 is 131 Å². The van der Waals surface area contributed by atoms with Gasteiger partial charge in [0.1, 0.15) is 0 Å². The fourth-order valence-corrected chi connectivity index (χ4v) is 22.5. The third-order valence-electron chi connectivity index (χ3n) is 26.6. The maximum absolute atomic E-state index is 3.88. The minimum absolute atomic E-state index is 0. The first-order valence-corrected chi connectivity index (χ1v) is 37.1. The van der Waals surface area contributed by atoms with Gasteiger partial charge in [0.05, 0.1) is 22.7 Å². The molecule has 8 aromatic carbocycles. The van der Waals surface area contributed by atoms with Gasteiger partial charge in [-0.2, -0.15) is 287 Å². The summed E-state index contributed by atoms with van der Waals surface area (Å²) in [6.45, 7) is 13.8. The van der Waals surface area contributed by atoms with Gasteiger partial charge in [-0.25, -0.2) is 0 Å². The molecule has 0 bridgehead atoms. The molecule has 4 N–H and O–H groups in total. The van der Waals surface area contributed by atoms with Gasteiger partial charge in [0, 0.05) is 195 Å². The molecule has 0 aromatic heterocycles. The van der Waals surface area contributed by atoms with Crippen LogP contribution in [0, 0.1) is 72.2 Å². The molecule has 2 saturated carbocycles. The Morgan fingerprint density at radius 3 is 0.980 bits per heavy atom. The minimum atomic E-state index is -0.0132.